The van der Waals surface area contributed by atoms with E-state index in [1.165, 1.54) is 6.07 Å². The van der Waals surface area contributed by atoms with Crippen LogP contribution in [0.15, 0.2) is 42.5 Å². The number of para-hydroxylation sites is 1. The molecule has 0 amide bonds. The lowest BCUT2D eigenvalue weighted by atomic mass is 9.91. The van der Waals surface area contributed by atoms with Gasteiger partial charge in [-0.05, 0) is 42.2 Å². The first-order chi connectivity index (χ1) is 10.0. The molecule has 21 heavy (non-hydrogen) atoms. The molecule has 0 aliphatic carbocycles. The Labute approximate surface area is 123 Å². The molecule has 0 saturated carbocycles. The maximum absolute atomic E-state index is 13.7. The van der Waals surface area contributed by atoms with Gasteiger partial charge in [-0.3, -0.25) is 4.79 Å². The van der Waals surface area contributed by atoms with Crippen molar-refractivity contribution >= 4 is 5.97 Å². The molecule has 0 aromatic heterocycles. The third-order valence-electron chi connectivity index (χ3n) is 3.51. The van der Waals surface area contributed by atoms with Crippen molar-refractivity contribution in [2.75, 3.05) is 7.11 Å². The molecule has 1 unspecified atom stereocenters. The molecule has 0 fully saturated rings. The van der Waals surface area contributed by atoms with E-state index < -0.39 is 17.7 Å². The minimum Gasteiger partial charge on any atom is -0.496 e. The van der Waals surface area contributed by atoms with Gasteiger partial charge in [-0.2, -0.15) is 0 Å². The second kappa shape index (κ2) is 6.39. The van der Waals surface area contributed by atoms with Gasteiger partial charge in [0, 0.05) is 0 Å². The van der Waals surface area contributed by atoms with Crippen LogP contribution in [0.2, 0.25) is 0 Å². The molecule has 2 rings (SSSR count). The number of hydrogen-bond acceptors (Lipinski definition) is 2. The van der Waals surface area contributed by atoms with Crippen molar-refractivity contribution in [2.45, 2.75) is 19.3 Å². The standard InChI is InChI=1S/C17H17FO3/c1-11-7-8-12(10-15(11)18)14(17(19)20)9-13-5-3-4-6-16(13)21-2/h3-8,10,14H,9H2,1-2H3,(H,19,20). The topological polar surface area (TPSA) is 46.5 Å². The van der Waals surface area contributed by atoms with Gasteiger partial charge in [-0.1, -0.05) is 30.3 Å². The molecule has 0 aliphatic heterocycles. The number of aryl methyl sites for hydroxylation is 1. The summed E-state index contributed by atoms with van der Waals surface area (Å²) in [5.74, 6) is -1.55. The molecule has 3 nitrogen and oxygen atoms in total. The van der Waals surface area contributed by atoms with Gasteiger partial charge in [0.05, 0.1) is 13.0 Å². The Bertz CT molecular complexity index is 652. The maximum Gasteiger partial charge on any atom is 0.311 e. The number of carboxylic acid groups (broad SMARTS) is 1. The predicted octanol–water partition coefficient (Wildman–Crippen LogP) is 3.55. The SMILES string of the molecule is COc1ccccc1CC(C(=O)O)c1ccc(C)c(F)c1. The van der Waals surface area contributed by atoms with Crippen LogP contribution in [-0.2, 0) is 11.2 Å². The molecule has 0 saturated heterocycles. The van der Waals surface area contributed by atoms with Gasteiger partial charge in [-0.15, -0.1) is 0 Å². The molecule has 1 N–H and O–H groups in total. The average Bonchev–Trinajstić information content (AvgIpc) is 2.48. The minimum atomic E-state index is -0.982. The van der Waals surface area contributed by atoms with Gasteiger partial charge in [-0.25, -0.2) is 4.39 Å². The lowest BCUT2D eigenvalue weighted by molar-refractivity contribution is -0.138. The zero-order chi connectivity index (χ0) is 15.4. The van der Waals surface area contributed by atoms with Crippen molar-refractivity contribution in [1.82, 2.24) is 0 Å². The summed E-state index contributed by atoms with van der Waals surface area (Å²) in [6.07, 6.45) is 0.252. The molecule has 2 aromatic rings. The summed E-state index contributed by atoms with van der Waals surface area (Å²) in [5, 5.41) is 9.45. The number of methoxy groups -OCH3 is 1. The fourth-order valence-electron chi connectivity index (χ4n) is 2.27. The first-order valence-electron chi connectivity index (χ1n) is 6.63. The van der Waals surface area contributed by atoms with E-state index in [0.717, 1.165) is 5.56 Å². The Kier molecular flexibility index (Phi) is 4.58. The van der Waals surface area contributed by atoms with E-state index in [1.54, 1.807) is 32.2 Å². The fraction of sp³-hybridized carbons (Fsp3) is 0.235. The van der Waals surface area contributed by atoms with Gasteiger partial charge in [0.15, 0.2) is 0 Å². The van der Waals surface area contributed by atoms with Gasteiger partial charge in [0.25, 0.3) is 0 Å². The summed E-state index contributed by atoms with van der Waals surface area (Å²) in [5.41, 5.74) is 1.74. The maximum atomic E-state index is 13.7. The smallest absolute Gasteiger partial charge is 0.311 e. The average molecular weight is 288 g/mol. The van der Waals surface area contributed by atoms with Gasteiger partial charge in [0.1, 0.15) is 11.6 Å². The fourth-order valence-corrected chi connectivity index (χ4v) is 2.27. The highest BCUT2D eigenvalue weighted by Crippen LogP contribution is 2.27. The lowest BCUT2D eigenvalue weighted by Crippen LogP contribution is -2.15. The normalized spacial score (nSPS) is 12.0. The first-order valence-corrected chi connectivity index (χ1v) is 6.63. The van der Waals surface area contributed by atoms with Crippen LogP contribution in [0.3, 0.4) is 0 Å². The third kappa shape index (κ3) is 3.40. The van der Waals surface area contributed by atoms with Crippen LogP contribution in [0.25, 0.3) is 0 Å². The van der Waals surface area contributed by atoms with Crippen molar-refractivity contribution in [3.8, 4) is 5.75 Å². The zero-order valence-electron chi connectivity index (χ0n) is 12.0. The van der Waals surface area contributed by atoms with Crippen molar-refractivity contribution in [1.29, 1.82) is 0 Å². The molecule has 1 atom stereocenters. The number of benzene rings is 2. The van der Waals surface area contributed by atoms with Crippen molar-refractivity contribution in [3.05, 3.63) is 65.0 Å². The molecule has 4 heteroatoms. The Morgan fingerprint density at radius 1 is 1.29 bits per heavy atom. The zero-order valence-corrected chi connectivity index (χ0v) is 12.0. The van der Waals surface area contributed by atoms with E-state index in [-0.39, 0.29) is 6.42 Å². The van der Waals surface area contributed by atoms with Crippen molar-refractivity contribution in [3.63, 3.8) is 0 Å². The third-order valence-corrected chi connectivity index (χ3v) is 3.51. The summed E-state index contributed by atoms with van der Waals surface area (Å²) >= 11 is 0. The Hall–Kier alpha value is -2.36. The highest BCUT2D eigenvalue weighted by molar-refractivity contribution is 5.76. The second-order valence-electron chi connectivity index (χ2n) is 4.92. The van der Waals surface area contributed by atoms with E-state index in [0.29, 0.717) is 16.9 Å². The minimum absolute atomic E-state index is 0.252. The number of aliphatic carboxylic acids is 1. The summed E-state index contributed by atoms with van der Waals surface area (Å²) in [7, 11) is 1.54. The summed E-state index contributed by atoms with van der Waals surface area (Å²) in [6, 6.07) is 11.8. The largest absolute Gasteiger partial charge is 0.496 e. The summed E-state index contributed by atoms with van der Waals surface area (Å²) in [6.45, 7) is 1.65. The number of rotatable bonds is 5. The molecule has 0 bridgehead atoms. The molecule has 0 spiro atoms. The Morgan fingerprint density at radius 2 is 2.00 bits per heavy atom. The van der Waals surface area contributed by atoms with Gasteiger partial charge >= 0.3 is 5.97 Å². The van der Waals surface area contributed by atoms with E-state index in [1.807, 2.05) is 18.2 Å². The molecular weight excluding hydrogens is 271 g/mol. The number of hydrogen-bond donors (Lipinski definition) is 1. The van der Waals surface area contributed by atoms with Crippen molar-refractivity contribution < 1.29 is 19.0 Å². The van der Waals surface area contributed by atoms with Crippen LogP contribution in [-0.4, -0.2) is 18.2 Å². The number of carboxylic acids is 1. The van der Waals surface area contributed by atoms with Crippen LogP contribution < -0.4 is 4.74 Å². The van der Waals surface area contributed by atoms with Crippen LogP contribution in [0, 0.1) is 12.7 Å². The summed E-state index contributed by atoms with van der Waals surface area (Å²) < 4.78 is 18.9. The molecule has 2 aromatic carbocycles. The molecule has 0 radical (unpaired) electrons. The van der Waals surface area contributed by atoms with E-state index in [2.05, 4.69) is 0 Å². The predicted molar refractivity (Wildman–Crippen MR) is 78.2 cm³/mol. The van der Waals surface area contributed by atoms with E-state index in [4.69, 9.17) is 4.74 Å². The molecule has 110 valence electrons. The van der Waals surface area contributed by atoms with Crippen LogP contribution >= 0.6 is 0 Å². The lowest BCUT2D eigenvalue weighted by Gasteiger charge is -2.15. The van der Waals surface area contributed by atoms with Crippen LogP contribution in [0.5, 0.6) is 5.75 Å². The number of ether oxygens (including phenoxy) is 1. The number of carbonyl (C=O) groups is 1. The Balaban J connectivity index is 2.35. The van der Waals surface area contributed by atoms with Crippen LogP contribution in [0.1, 0.15) is 22.6 Å². The van der Waals surface area contributed by atoms with E-state index in [9.17, 15) is 14.3 Å². The first kappa shape index (κ1) is 15.0. The monoisotopic (exact) mass is 288 g/mol. The second-order valence-corrected chi connectivity index (χ2v) is 4.92. The quantitative estimate of drug-likeness (QED) is 0.915. The van der Waals surface area contributed by atoms with Crippen molar-refractivity contribution in [2.24, 2.45) is 0 Å². The van der Waals surface area contributed by atoms with Crippen LogP contribution in [0.4, 0.5) is 4.39 Å². The molecule has 0 aliphatic rings. The van der Waals surface area contributed by atoms with E-state index >= 15 is 0 Å². The van der Waals surface area contributed by atoms with Gasteiger partial charge in [0.2, 0.25) is 0 Å². The molecule has 0 heterocycles. The Morgan fingerprint density at radius 3 is 2.62 bits per heavy atom. The highest BCUT2D eigenvalue weighted by atomic mass is 19.1. The highest BCUT2D eigenvalue weighted by Gasteiger charge is 2.22. The molecular formula is C17H17FO3. The summed E-state index contributed by atoms with van der Waals surface area (Å²) in [4.78, 5) is 11.5. The van der Waals surface area contributed by atoms with Gasteiger partial charge < -0.3 is 9.84 Å². The number of halogens is 1.